The first-order chi connectivity index (χ1) is 12.6. The van der Waals surface area contributed by atoms with Crippen molar-refractivity contribution in [1.29, 1.82) is 0 Å². The van der Waals surface area contributed by atoms with E-state index in [1.807, 2.05) is 35.2 Å². The molecule has 0 aliphatic carbocycles. The van der Waals surface area contributed by atoms with Gasteiger partial charge in [-0.05, 0) is 35.4 Å². The van der Waals surface area contributed by atoms with Gasteiger partial charge in [-0.2, -0.15) is 0 Å². The zero-order valence-electron chi connectivity index (χ0n) is 15.2. The lowest BCUT2D eigenvalue weighted by Gasteiger charge is -2.43. The van der Waals surface area contributed by atoms with Crippen LogP contribution < -0.4 is 9.47 Å². The monoisotopic (exact) mass is 353 g/mol. The number of carbonyl (C=O) groups is 1. The quantitative estimate of drug-likeness (QED) is 0.827. The summed E-state index contributed by atoms with van der Waals surface area (Å²) < 4.78 is 17.6. The molecule has 1 saturated heterocycles. The van der Waals surface area contributed by atoms with Crippen molar-refractivity contribution in [3.05, 3.63) is 48.0 Å². The maximum absolute atomic E-state index is 11.5. The number of hydrogen-bond acceptors (Lipinski definition) is 4. The number of nitrogens with zero attached hydrogens (tertiary/aromatic N) is 1. The van der Waals surface area contributed by atoms with Gasteiger partial charge in [0.1, 0.15) is 11.5 Å². The van der Waals surface area contributed by atoms with Gasteiger partial charge in [0.2, 0.25) is 11.7 Å². The van der Waals surface area contributed by atoms with Crippen LogP contribution in [0.3, 0.4) is 0 Å². The van der Waals surface area contributed by atoms with Gasteiger partial charge in [-0.25, -0.2) is 0 Å². The van der Waals surface area contributed by atoms with E-state index in [1.165, 1.54) is 0 Å². The summed E-state index contributed by atoms with van der Waals surface area (Å²) in [5.74, 6) is 1.24. The molecule has 26 heavy (non-hydrogen) atoms. The van der Waals surface area contributed by atoms with E-state index < -0.39 is 5.79 Å². The van der Waals surface area contributed by atoms with Gasteiger partial charge in [0.05, 0.1) is 13.7 Å². The average molecular weight is 353 g/mol. The van der Waals surface area contributed by atoms with Crippen molar-refractivity contribution in [1.82, 2.24) is 4.90 Å². The first kappa shape index (κ1) is 16.9. The second-order valence-corrected chi connectivity index (χ2v) is 6.86. The van der Waals surface area contributed by atoms with Crippen molar-refractivity contribution in [3.8, 4) is 22.6 Å². The molecule has 1 spiro atoms. The van der Waals surface area contributed by atoms with Crippen LogP contribution in [-0.4, -0.2) is 36.8 Å². The van der Waals surface area contributed by atoms with Gasteiger partial charge in [-0.15, -0.1) is 0 Å². The maximum Gasteiger partial charge on any atom is 0.219 e. The highest BCUT2D eigenvalue weighted by Crippen LogP contribution is 2.39. The third-order valence-electron chi connectivity index (χ3n) is 5.24. The number of hydrogen-bond donors (Lipinski definition) is 0. The SMILES string of the molecule is COc1ccc(-c2ccc3c(c2)COC2(CCN(C(C)=O)CC2)O3)cc1. The van der Waals surface area contributed by atoms with Gasteiger partial charge in [-0.1, -0.05) is 18.2 Å². The molecule has 2 heterocycles. The zero-order chi connectivity index (χ0) is 18.1. The molecular formula is C21H23NO4. The van der Waals surface area contributed by atoms with Gasteiger partial charge in [0.15, 0.2) is 0 Å². The highest BCUT2D eigenvalue weighted by molar-refractivity contribution is 5.73. The largest absolute Gasteiger partial charge is 0.497 e. The van der Waals surface area contributed by atoms with Crippen molar-refractivity contribution in [2.24, 2.45) is 0 Å². The Morgan fingerprint density at radius 1 is 1.08 bits per heavy atom. The van der Waals surface area contributed by atoms with Gasteiger partial charge in [0, 0.05) is 38.4 Å². The molecule has 2 aliphatic rings. The second-order valence-electron chi connectivity index (χ2n) is 6.86. The number of piperidine rings is 1. The van der Waals surface area contributed by atoms with Crippen LogP contribution in [0.15, 0.2) is 42.5 Å². The number of fused-ring (bicyclic) bond motifs is 1. The minimum atomic E-state index is -0.597. The summed E-state index contributed by atoms with van der Waals surface area (Å²) in [6, 6.07) is 14.2. The molecule has 0 bridgehead atoms. The van der Waals surface area contributed by atoms with E-state index >= 15 is 0 Å². The Hall–Kier alpha value is -2.53. The number of benzene rings is 2. The van der Waals surface area contributed by atoms with Crippen LogP contribution in [0.2, 0.25) is 0 Å². The van der Waals surface area contributed by atoms with Crippen molar-refractivity contribution in [3.63, 3.8) is 0 Å². The molecule has 4 rings (SSSR count). The predicted octanol–water partition coefficient (Wildman–Crippen LogP) is 3.61. The minimum absolute atomic E-state index is 0.111. The molecule has 5 nitrogen and oxygen atoms in total. The molecule has 0 unspecified atom stereocenters. The summed E-state index contributed by atoms with van der Waals surface area (Å²) in [5, 5.41) is 0. The third kappa shape index (κ3) is 3.15. The average Bonchev–Trinajstić information content (AvgIpc) is 2.68. The molecule has 0 saturated carbocycles. The highest BCUT2D eigenvalue weighted by Gasteiger charge is 2.41. The lowest BCUT2D eigenvalue weighted by molar-refractivity contribution is -0.227. The normalized spacial score (nSPS) is 18.2. The fourth-order valence-corrected chi connectivity index (χ4v) is 3.60. The molecular weight excluding hydrogens is 330 g/mol. The fraction of sp³-hybridized carbons (Fsp3) is 0.381. The molecule has 0 N–H and O–H groups in total. The summed E-state index contributed by atoms with van der Waals surface area (Å²) in [6.07, 6.45) is 1.40. The third-order valence-corrected chi connectivity index (χ3v) is 5.24. The number of methoxy groups -OCH3 is 1. The molecule has 2 aromatic carbocycles. The summed E-state index contributed by atoms with van der Waals surface area (Å²) in [7, 11) is 1.67. The molecule has 1 fully saturated rings. The van der Waals surface area contributed by atoms with Gasteiger partial charge in [-0.3, -0.25) is 4.79 Å². The predicted molar refractivity (Wildman–Crippen MR) is 98.1 cm³/mol. The number of amides is 1. The maximum atomic E-state index is 11.5. The van der Waals surface area contributed by atoms with Crippen molar-refractivity contribution >= 4 is 5.91 Å². The molecule has 2 aliphatic heterocycles. The molecule has 1 amide bonds. The zero-order valence-corrected chi connectivity index (χ0v) is 15.2. The molecule has 0 aromatic heterocycles. The Morgan fingerprint density at radius 2 is 1.77 bits per heavy atom. The Morgan fingerprint density at radius 3 is 2.42 bits per heavy atom. The van der Waals surface area contributed by atoms with Crippen LogP contribution in [0.25, 0.3) is 11.1 Å². The number of likely N-dealkylation sites (tertiary alicyclic amines) is 1. The first-order valence-corrected chi connectivity index (χ1v) is 8.94. The van der Waals surface area contributed by atoms with Crippen molar-refractivity contribution in [2.75, 3.05) is 20.2 Å². The Balaban J connectivity index is 1.51. The van der Waals surface area contributed by atoms with Crippen molar-refractivity contribution in [2.45, 2.75) is 32.2 Å². The molecule has 5 heteroatoms. The van der Waals surface area contributed by atoms with Crippen molar-refractivity contribution < 1.29 is 19.0 Å². The van der Waals surface area contributed by atoms with E-state index in [0.29, 0.717) is 32.5 Å². The Bertz CT molecular complexity index is 807. The van der Waals surface area contributed by atoms with E-state index in [1.54, 1.807) is 14.0 Å². The molecule has 136 valence electrons. The first-order valence-electron chi connectivity index (χ1n) is 8.94. The number of carbonyl (C=O) groups excluding carboxylic acids is 1. The Labute approximate surface area is 153 Å². The fourth-order valence-electron chi connectivity index (χ4n) is 3.60. The lowest BCUT2D eigenvalue weighted by atomic mass is 9.99. The van der Waals surface area contributed by atoms with Crippen LogP contribution in [0.1, 0.15) is 25.3 Å². The minimum Gasteiger partial charge on any atom is -0.497 e. The van der Waals surface area contributed by atoms with Gasteiger partial charge >= 0.3 is 0 Å². The van der Waals surface area contributed by atoms with E-state index in [-0.39, 0.29) is 5.91 Å². The lowest BCUT2D eigenvalue weighted by Crippen LogP contribution is -2.52. The standard InChI is InChI=1S/C21H23NO4/c1-15(23)22-11-9-21(10-12-22)25-14-18-13-17(5-8-20(18)26-21)16-3-6-19(24-2)7-4-16/h3-8,13H,9-12,14H2,1-2H3. The number of ether oxygens (including phenoxy) is 3. The summed E-state index contributed by atoms with van der Waals surface area (Å²) in [4.78, 5) is 13.4. The smallest absolute Gasteiger partial charge is 0.219 e. The van der Waals surface area contributed by atoms with Gasteiger partial charge < -0.3 is 19.1 Å². The molecule has 2 aromatic rings. The summed E-state index contributed by atoms with van der Waals surface area (Å²) >= 11 is 0. The summed E-state index contributed by atoms with van der Waals surface area (Å²) in [5.41, 5.74) is 3.31. The molecule has 0 atom stereocenters. The summed E-state index contributed by atoms with van der Waals surface area (Å²) in [6.45, 7) is 3.49. The van der Waals surface area contributed by atoms with Crippen LogP contribution in [0, 0.1) is 0 Å². The van der Waals surface area contributed by atoms with E-state index in [0.717, 1.165) is 28.2 Å². The van der Waals surface area contributed by atoms with Crippen LogP contribution in [0.5, 0.6) is 11.5 Å². The Kier molecular flexibility index (Phi) is 4.32. The van der Waals surface area contributed by atoms with Gasteiger partial charge in [0.25, 0.3) is 0 Å². The van der Waals surface area contributed by atoms with Crippen LogP contribution in [-0.2, 0) is 16.1 Å². The van der Waals surface area contributed by atoms with E-state index in [9.17, 15) is 4.79 Å². The van der Waals surface area contributed by atoms with E-state index in [4.69, 9.17) is 14.2 Å². The topological polar surface area (TPSA) is 48.0 Å². The molecule has 0 radical (unpaired) electrons. The van der Waals surface area contributed by atoms with E-state index in [2.05, 4.69) is 12.1 Å². The second kappa shape index (κ2) is 6.65. The van der Waals surface area contributed by atoms with Crippen LogP contribution in [0.4, 0.5) is 0 Å². The number of rotatable bonds is 2. The highest BCUT2D eigenvalue weighted by atomic mass is 16.7. The van der Waals surface area contributed by atoms with Crippen LogP contribution >= 0.6 is 0 Å².